The number of hydrogen-bond acceptors (Lipinski definition) is 2. The average molecular weight is 243 g/mol. The molecule has 1 unspecified atom stereocenters. The Morgan fingerprint density at radius 1 is 1.33 bits per heavy atom. The minimum Gasteiger partial charge on any atom is -0.345 e. The predicted octanol–water partition coefficient (Wildman–Crippen LogP) is 2.22. The molecule has 0 aliphatic heterocycles. The average Bonchev–Trinajstić information content (AvgIpc) is 2.71. The number of nitrogens with zero attached hydrogens (tertiary/aromatic N) is 2. The van der Waals surface area contributed by atoms with Crippen molar-refractivity contribution >= 4 is 5.91 Å². The summed E-state index contributed by atoms with van der Waals surface area (Å²) in [6, 6.07) is 9.88. The normalized spacial score (nSPS) is 12.2. The topological polar surface area (TPSA) is 46.9 Å². The van der Waals surface area contributed by atoms with Crippen LogP contribution in [-0.2, 0) is 7.05 Å². The third kappa shape index (κ3) is 2.42. The first-order valence-corrected chi connectivity index (χ1v) is 5.94. The van der Waals surface area contributed by atoms with Gasteiger partial charge in [-0.25, -0.2) is 0 Å². The first kappa shape index (κ1) is 12.4. The number of nitrogens with one attached hydrogen (secondary N) is 1. The van der Waals surface area contributed by atoms with Crippen molar-refractivity contribution in [2.75, 3.05) is 0 Å². The molecule has 1 heterocycles. The Bertz CT molecular complexity index is 545. The van der Waals surface area contributed by atoms with Crippen LogP contribution in [-0.4, -0.2) is 15.7 Å². The summed E-state index contributed by atoms with van der Waals surface area (Å²) in [5.41, 5.74) is 2.58. The molecule has 2 rings (SSSR count). The molecule has 2 aromatic rings. The van der Waals surface area contributed by atoms with E-state index in [9.17, 15) is 4.79 Å². The SMILES string of the molecule is Cc1c(C(=O)NC(C)c2ccccc2)cnn1C. The van der Waals surface area contributed by atoms with Crippen molar-refractivity contribution in [3.8, 4) is 0 Å². The van der Waals surface area contributed by atoms with Crippen LogP contribution in [0.15, 0.2) is 36.5 Å². The molecule has 0 spiro atoms. The molecule has 0 radical (unpaired) electrons. The number of aromatic nitrogens is 2. The second kappa shape index (κ2) is 5.04. The smallest absolute Gasteiger partial charge is 0.255 e. The van der Waals surface area contributed by atoms with Crippen molar-refractivity contribution in [3.05, 3.63) is 53.3 Å². The molecule has 1 aromatic heterocycles. The molecule has 4 nitrogen and oxygen atoms in total. The molecule has 0 saturated heterocycles. The summed E-state index contributed by atoms with van der Waals surface area (Å²) in [5, 5.41) is 7.05. The second-order valence-corrected chi connectivity index (χ2v) is 4.37. The number of benzene rings is 1. The Labute approximate surface area is 107 Å². The van der Waals surface area contributed by atoms with Gasteiger partial charge < -0.3 is 5.32 Å². The van der Waals surface area contributed by atoms with Crippen molar-refractivity contribution in [1.29, 1.82) is 0 Å². The van der Waals surface area contributed by atoms with Gasteiger partial charge in [-0.3, -0.25) is 9.48 Å². The molecule has 0 aliphatic rings. The Morgan fingerprint density at radius 3 is 2.56 bits per heavy atom. The highest BCUT2D eigenvalue weighted by molar-refractivity contribution is 5.95. The van der Waals surface area contributed by atoms with Crippen LogP contribution in [0.2, 0.25) is 0 Å². The van der Waals surface area contributed by atoms with Gasteiger partial charge in [0, 0.05) is 12.7 Å². The van der Waals surface area contributed by atoms with E-state index in [0.717, 1.165) is 11.3 Å². The number of aryl methyl sites for hydroxylation is 1. The van der Waals surface area contributed by atoms with Gasteiger partial charge in [-0.1, -0.05) is 30.3 Å². The van der Waals surface area contributed by atoms with Crippen LogP contribution in [0.3, 0.4) is 0 Å². The van der Waals surface area contributed by atoms with Crippen LogP contribution in [0.4, 0.5) is 0 Å². The second-order valence-electron chi connectivity index (χ2n) is 4.37. The lowest BCUT2D eigenvalue weighted by Gasteiger charge is -2.13. The van der Waals surface area contributed by atoms with E-state index < -0.39 is 0 Å². The zero-order chi connectivity index (χ0) is 13.1. The molecule has 4 heteroatoms. The molecule has 0 saturated carbocycles. The fraction of sp³-hybridized carbons (Fsp3) is 0.286. The molecule has 94 valence electrons. The molecule has 1 N–H and O–H groups in total. The maximum atomic E-state index is 12.1. The summed E-state index contributed by atoms with van der Waals surface area (Å²) >= 11 is 0. The molecule has 18 heavy (non-hydrogen) atoms. The van der Waals surface area contributed by atoms with Gasteiger partial charge in [0.1, 0.15) is 0 Å². The predicted molar refractivity (Wildman–Crippen MR) is 70.3 cm³/mol. The number of amides is 1. The number of rotatable bonds is 3. The van der Waals surface area contributed by atoms with Gasteiger partial charge in [0.05, 0.1) is 17.8 Å². The van der Waals surface area contributed by atoms with Crippen molar-refractivity contribution in [1.82, 2.24) is 15.1 Å². The molecular formula is C14H17N3O. The Morgan fingerprint density at radius 2 is 2.00 bits per heavy atom. The molecule has 0 aliphatic carbocycles. The lowest BCUT2D eigenvalue weighted by molar-refractivity contribution is 0.0939. The van der Waals surface area contributed by atoms with Gasteiger partial charge in [-0.15, -0.1) is 0 Å². The first-order valence-electron chi connectivity index (χ1n) is 5.94. The third-order valence-electron chi connectivity index (χ3n) is 3.13. The van der Waals surface area contributed by atoms with Gasteiger partial charge in [0.15, 0.2) is 0 Å². The third-order valence-corrected chi connectivity index (χ3v) is 3.13. The fourth-order valence-electron chi connectivity index (χ4n) is 1.82. The minimum atomic E-state index is -0.0862. The monoisotopic (exact) mass is 243 g/mol. The van der Waals surface area contributed by atoms with Crippen LogP contribution in [0.25, 0.3) is 0 Å². The Balaban J connectivity index is 2.11. The highest BCUT2D eigenvalue weighted by Crippen LogP contribution is 2.13. The van der Waals surface area contributed by atoms with E-state index >= 15 is 0 Å². The number of carbonyl (C=O) groups excluding carboxylic acids is 1. The van der Waals surface area contributed by atoms with Crippen molar-refractivity contribution in [2.45, 2.75) is 19.9 Å². The largest absolute Gasteiger partial charge is 0.345 e. The van der Waals surface area contributed by atoms with Gasteiger partial charge in [0.25, 0.3) is 5.91 Å². The van der Waals surface area contributed by atoms with Crippen LogP contribution in [0.5, 0.6) is 0 Å². The summed E-state index contributed by atoms with van der Waals surface area (Å²) in [4.78, 5) is 12.1. The van der Waals surface area contributed by atoms with Crippen molar-refractivity contribution < 1.29 is 4.79 Å². The standard InChI is InChI=1S/C14H17N3O/c1-10(12-7-5-4-6-8-12)16-14(18)13-9-15-17(3)11(13)2/h4-10H,1-3H3,(H,16,18). The van der Waals surface area contributed by atoms with Gasteiger partial charge in [-0.2, -0.15) is 5.10 Å². The minimum absolute atomic E-state index is 0.0155. The highest BCUT2D eigenvalue weighted by atomic mass is 16.1. The van der Waals surface area contributed by atoms with E-state index in [4.69, 9.17) is 0 Å². The Kier molecular flexibility index (Phi) is 3.46. The summed E-state index contributed by atoms with van der Waals surface area (Å²) in [5.74, 6) is -0.0862. The highest BCUT2D eigenvalue weighted by Gasteiger charge is 2.15. The number of hydrogen-bond donors (Lipinski definition) is 1. The van der Waals surface area contributed by atoms with Gasteiger partial charge in [-0.05, 0) is 19.4 Å². The summed E-state index contributed by atoms with van der Waals surface area (Å²) < 4.78 is 1.70. The molecular weight excluding hydrogens is 226 g/mol. The van der Waals surface area contributed by atoms with E-state index in [1.807, 2.05) is 51.2 Å². The quantitative estimate of drug-likeness (QED) is 0.898. The van der Waals surface area contributed by atoms with E-state index in [2.05, 4.69) is 10.4 Å². The lowest BCUT2D eigenvalue weighted by atomic mass is 10.1. The summed E-state index contributed by atoms with van der Waals surface area (Å²) in [7, 11) is 1.83. The van der Waals surface area contributed by atoms with Crippen molar-refractivity contribution in [2.24, 2.45) is 7.05 Å². The summed E-state index contributed by atoms with van der Waals surface area (Å²) in [6.45, 7) is 3.86. The first-order chi connectivity index (χ1) is 8.59. The molecule has 0 fully saturated rings. The molecule has 1 aromatic carbocycles. The van der Waals surface area contributed by atoms with E-state index in [-0.39, 0.29) is 11.9 Å². The van der Waals surface area contributed by atoms with Crippen LogP contribution < -0.4 is 5.32 Å². The maximum Gasteiger partial charge on any atom is 0.255 e. The van der Waals surface area contributed by atoms with Gasteiger partial charge in [0.2, 0.25) is 0 Å². The van der Waals surface area contributed by atoms with Crippen molar-refractivity contribution in [3.63, 3.8) is 0 Å². The van der Waals surface area contributed by atoms with E-state index in [0.29, 0.717) is 5.56 Å². The van der Waals surface area contributed by atoms with E-state index in [1.54, 1.807) is 10.9 Å². The molecule has 0 bridgehead atoms. The number of carbonyl (C=O) groups is 1. The zero-order valence-corrected chi connectivity index (χ0v) is 10.8. The van der Waals surface area contributed by atoms with Gasteiger partial charge >= 0.3 is 0 Å². The molecule has 1 amide bonds. The summed E-state index contributed by atoms with van der Waals surface area (Å²) in [6.07, 6.45) is 1.60. The fourth-order valence-corrected chi connectivity index (χ4v) is 1.82. The molecule has 1 atom stereocenters. The Hall–Kier alpha value is -2.10. The maximum absolute atomic E-state index is 12.1. The zero-order valence-electron chi connectivity index (χ0n) is 10.8. The van der Waals surface area contributed by atoms with Crippen LogP contribution in [0.1, 0.15) is 34.6 Å². The van der Waals surface area contributed by atoms with Crippen LogP contribution >= 0.6 is 0 Å². The van der Waals surface area contributed by atoms with Crippen LogP contribution in [0, 0.1) is 6.92 Å². The van der Waals surface area contributed by atoms with E-state index in [1.165, 1.54) is 0 Å². The lowest BCUT2D eigenvalue weighted by Crippen LogP contribution is -2.27.